The van der Waals surface area contributed by atoms with Gasteiger partial charge < -0.3 is 14.8 Å². The number of halogens is 2. The lowest BCUT2D eigenvalue weighted by molar-refractivity contribution is -0.145. The Morgan fingerprint density at radius 3 is 2.46 bits per heavy atom. The zero-order valence-corrected chi connectivity index (χ0v) is 16.3. The van der Waals surface area contributed by atoms with Crippen molar-refractivity contribution < 1.29 is 23.5 Å². The maximum atomic E-state index is 14.1. The van der Waals surface area contributed by atoms with Crippen LogP contribution in [-0.2, 0) is 9.53 Å². The van der Waals surface area contributed by atoms with Gasteiger partial charge in [0, 0.05) is 11.8 Å². The first-order valence-electron chi connectivity index (χ1n) is 8.40. The first kappa shape index (κ1) is 21.9. The minimum Gasteiger partial charge on any atom is -0.489 e. The molecule has 1 aromatic carbocycles. The number of aliphatic imine (C=N–C) groups is 1. The maximum absolute atomic E-state index is 14.1. The van der Waals surface area contributed by atoms with Gasteiger partial charge in [-0.2, -0.15) is 0 Å². The number of benzene rings is 1. The highest BCUT2D eigenvalue weighted by atomic mass is 35.5. The number of anilines is 1. The molecule has 0 saturated heterocycles. The summed E-state index contributed by atoms with van der Waals surface area (Å²) in [7, 11) is 0. The first-order valence-corrected chi connectivity index (χ1v) is 8.78. The third-order valence-electron chi connectivity index (χ3n) is 3.37. The third-order valence-corrected chi connectivity index (χ3v) is 3.67. The van der Waals surface area contributed by atoms with Crippen molar-refractivity contribution >= 4 is 35.0 Å². The largest absolute Gasteiger partial charge is 0.489 e. The van der Waals surface area contributed by atoms with Crippen molar-refractivity contribution in [3.8, 4) is 5.75 Å². The zero-order valence-electron chi connectivity index (χ0n) is 15.6. The molecule has 1 aromatic rings. The Labute approximate surface area is 157 Å². The quantitative estimate of drug-likeness (QED) is 0.536. The number of rotatable bonds is 7. The van der Waals surface area contributed by atoms with Gasteiger partial charge in [0.2, 0.25) is 0 Å². The molecule has 26 heavy (non-hydrogen) atoms. The van der Waals surface area contributed by atoms with Gasteiger partial charge in [-0.3, -0.25) is 4.79 Å². The molecule has 0 fully saturated rings. The zero-order chi connectivity index (χ0) is 19.9. The Morgan fingerprint density at radius 1 is 1.27 bits per heavy atom. The van der Waals surface area contributed by atoms with E-state index in [4.69, 9.17) is 21.1 Å². The van der Waals surface area contributed by atoms with E-state index in [2.05, 4.69) is 10.3 Å². The topological polar surface area (TPSA) is 77.0 Å². The molecule has 0 bridgehead atoms. The number of urea groups is 1. The lowest BCUT2D eigenvalue weighted by atomic mass is 10.0. The average molecular weight is 387 g/mol. The van der Waals surface area contributed by atoms with Gasteiger partial charge in [0.1, 0.15) is 11.6 Å². The number of hydrogen-bond acceptors (Lipinski definition) is 4. The SMILES string of the molecule is CCOC(=O)C(C)C(CC)=NC(=O)Nc1cc(OC(C)C)c(Cl)cc1F. The Morgan fingerprint density at radius 2 is 1.92 bits per heavy atom. The molecule has 0 aliphatic carbocycles. The highest BCUT2D eigenvalue weighted by Gasteiger charge is 2.21. The van der Waals surface area contributed by atoms with E-state index >= 15 is 0 Å². The number of carbonyl (C=O) groups excluding carboxylic acids is 2. The van der Waals surface area contributed by atoms with Crippen molar-refractivity contribution in [2.75, 3.05) is 11.9 Å². The van der Waals surface area contributed by atoms with Gasteiger partial charge in [-0.25, -0.2) is 14.2 Å². The van der Waals surface area contributed by atoms with Crippen LogP contribution in [-0.4, -0.2) is 30.4 Å². The molecule has 0 spiro atoms. The van der Waals surface area contributed by atoms with E-state index in [0.29, 0.717) is 12.1 Å². The molecule has 1 N–H and O–H groups in total. The molecule has 144 valence electrons. The lowest BCUT2D eigenvalue weighted by Gasteiger charge is -2.14. The fraction of sp³-hybridized carbons (Fsp3) is 0.500. The monoisotopic (exact) mass is 386 g/mol. The van der Waals surface area contributed by atoms with Crippen LogP contribution >= 0.6 is 11.6 Å². The van der Waals surface area contributed by atoms with Crippen LogP contribution in [0.3, 0.4) is 0 Å². The number of amides is 2. The molecule has 6 nitrogen and oxygen atoms in total. The van der Waals surface area contributed by atoms with Crippen LogP contribution in [0.15, 0.2) is 17.1 Å². The van der Waals surface area contributed by atoms with Crippen molar-refractivity contribution in [2.45, 2.75) is 47.1 Å². The van der Waals surface area contributed by atoms with E-state index < -0.39 is 23.7 Å². The van der Waals surface area contributed by atoms with E-state index in [0.717, 1.165) is 6.07 Å². The molecule has 0 radical (unpaired) electrons. The van der Waals surface area contributed by atoms with Crippen LogP contribution in [0, 0.1) is 11.7 Å². The van der Waals surface area contributed by atoms with E-state index in [1.165, 1.54) is 6.07 Å². The number of nitrogens with zero attached hydrogens (tertiary/aromatic N) is 1. The minimum absolute atomic E-state index is 0.0999. The second kappa shape index (κ2) is 10.1. The highest BCUT2D eigenvalue weighted by Crippen LogP contribution is 2.31. The standard InChI is InChI=1S/C18H24ClFN2O4/c1-6-14(11(5)17(23)25-7-2)21-18(24)22-15-9-16(26-10(3)4)12(19)8-13(15)20/h8-11H,6-7H2,1-5H3,(H,22,24). The average Bonchev–Trinajstić information content (AvgIpc) is 2.56. The molecule has 1 atom stereocenters. The molecule has 1 rings (SSSR count). The number of hydrogen-bond donors (Lipinski definition) is 1. The molecule has 0 heterocycles. The number of ether oxygens (including phenoxy) is 2. The molecule has 0 saturated carbocycles. The van der Waals surface area contributed by atoms with Crippen molar-refractivity contribution in [3.63, 3.8) is 0 Å². The Kier molecular flexibility index (Phi) is 8.51. The van der Waals surface area contributed by atoms with Crippen LogP contribution in [0.25, 0.3) is 0 Å². The summed E-state index contributed by atoms with van der Waals surface area (Å²) in [5.74, 6) is -1.60. The van der Waals surface area contributed by atoms with Gasteiger partial charge in [-0.05, 0) is 40.2 Å². The van der Waals surface area contributed by atoms with E-state index in [-0.39, 0.29) is 29.2 Å². The van der Waals surface area contributed by atoms with Crippen LogP contribution < -0.4 is 10.1 Å². The van der Waals surface area contributed by atoms with Crippen LogP contribution in [0.1, 0.15) is 41.0 Å². The van der Waals surface area contributed by atoms with Gasteiger partial charge in [0.15, 0.2) is 0 Å². The molecule has 0 aliphatic rings. The minimum atomic E-state index is -0.797. The van der Waals surface area contributed by atoms with Crippen molar-refractivity contribution in [3.05, 3.63) is 23.0 Å². The highest BCUT2D eigenvalue weighted by molar-refractivity contribution is 6.32. The van der Waals surface area contributed by atoms with Gasteiger partial charge in [-0.15, -0.1) is 0 Å². The number of nitrogens with one attached hydrogen (secondary N) is 1. The summed E-state index contributed by atoms with van der Waals surface area (Å²) in [6.45, 7) is 8.89. The third kappa shape index (κ3) is 6.29. The second-order valence-electron chi connectivity index (χ2n) is 5.79. The number of esters is 1. The van der Waals surface area contributed by atoms with Gasteiger partial charge in [0.05, 0.1) is 29.3 Å². The van der Waals surface area contributed by atoms with E-state index in [9.17, 15) is 14.0 Å². The summed E-state index contributed by atoms with van der Waals surface area (Å²) < 4.78 is 24.5. The summed E-state index contributed by atoms with van der Waals surface area (Å²) >= 11 is 5.94. The molecule has 8 heteroatoms. The van der Waals surface area contributed by atoms with E-state index in [1.54, 1.807) is 34.6 Å². The fourth-order valence-electron chi connectivity index (χ4n) is 2.13. The lowest BCUT2D eigenvalue weighted by Crippen LogP contribution is -2.25. The first-order chi connectivity index (χ1) is 12.2. The molecule has 2 amide bonds. The second-order valence-corrected chi connectivity index (χ2v) is 6.20. The van der Waals surface area contributed by atoms with Gasteiger partial charge >= 0.3 is 12.0 Å². The summed E-state index contributed by atoms with van der Waals surface area (Å²) in [4.78, 5) is 27.8. The Balaban J connectivity index is 3.00. The van der Waals surface area contributed by atoms with Crippen molar-refractivity contribution in [1.29, 1.82) is 0 Å². The smallest absolute Gasteiger partial charge is 0.345 e. The molecule has 0 aromatic heterocycles. The van der Waals surface area contributed by atoms with Crippen LogP contribution in [0.4, 0.5) is 14.9 Å². The van der Waals surface area contributed by atoms with Crippen molar-refractivity contribution in [1.82, 2.24) is 0 Å². The van der Waals surface area contributed by atoms with Gasteiger partial charge in [-0.1, -0.05) is 18.5 Å². The molecule has 1 unspecified atom stereocenters. The Bertz CT molecular complexity index is 692. The summed E-state index contributed by atoms with van der Waals surface area (Å²) in [6, 6.07) is 1.56. The van der Waals surface area contributed by atoms with E-state index in [1.807, 2.05) is 0 Å². The predicted molar refractivity (Wildman–Crippen MR) is 99.7 cm³/mol. The summed E-state index contributed by atoms with van der Waals surface area (Å²) in [5.41, 5.74) is 0.229. The fourth-order valence-corrected chi connectivity index (χ4v) is 2.32. The van der Waals surface area contributed by atoms with Crippen LogP contribution in [0.2, 0.25) is 5.02 Å². The predicted octanol–water partition coefficient (Wildman–Crippen LogP) is 4.85. The maximum Gasteiger partial charge on any atom is 0.345 e. The summed E-state index contributed by atoms with van der Waals surface area (Å²) in [6.07, 6.45) is 0.203. The normalized spacial score (nSPS) is 12.7. The number of carbonyl (C=O) groups is 2. The van der Waals surface area contributed by atoms with Crippen molar-refractivity contribution in [2.24, 2.45) is 10.9 Å². The molecular weight excluding hydrogens is 363 g/mol. The van der Waals surface area contributed by atoms with Crippen LogP contribution in [0.5, 0.6) is 5.75 Å². The summed E-state index contributed by atoms with van der Waals surface area (Å²) in [5, 5.41) is 2.45. The Hall–Kier alpha value is -2.15. The molecular formula is C18H24ClFN2O4. The van der Waals surface area contributed by atoms with Gasteiger partial charge in [0.25, 0.3) is 0 Å². The molecule has 0 aliphatic heterocycles.